The number of hydrogen-bond acceptors (Lipinski definition) is 10. The lowest BCUT2D eigenvalue weighted by Gasteiger charge is -2.22. The first-order valence-electron chi connectivity index (χ1n) is 14.5. The third-order valence-electron chi connectivity index (χ3n) is 6.59. The standard InChI is InChI=1S/C27H44N8O9S/c1-5-21(38)30-10-7-6-8-17(32-15(2)36)26(43)34-19(24(28)41)14-45-20-12-23(40)35(27(20)44)11-9-22(39)31-13-18(25(42)29-4)33-16(3)37/h17-20H,5-14H2,1-4H3,(H2,28,41)(H,29,42)(H,30,38)(H,31,39)(H,32,36)(H,33,37)(H,34,43). The van der Waals surface area contributed by atoms with Gasteiger partial charge in [-0.2, -0.15) is 0 Å². The van der Waals surface area contributed by atoms with Gasteiger partial charge in [0.2, 0.25) is 53.2 Å². The summed E-state index contributed by atoms with van der Waals surface area (Å²) in [6.07, 6.45) is 1.22. The van der Waals surface area contributed by atoms with Crippen molar-refractivity contribution in [3.05, 3.63) is 0 Å². The topological polar surface area (TPSA) is 255 Å². The fourth-order valence-corrected chi connectivity index (χ4v) is 5.39. The minimum atomic E-state index is -1.21. The Kier molecular flexibility index (Phi) is 17.2. The Morgan fingerprint density at radius 2 is 1.53 bits per heavy atom. The zero-order chi connectivity index (χ0) is 34.1. The van der Waals surface area contributed by atoms with Crippen molar-refractivity contribution in [2.45, 2.75) is 82.7 Å². The number of nitrogens with zero attached hydrogens (tertiary/aromatic N) is 1. The van der Waals surface area contributed by atoms with Gasteiger partial charge in [-0.25, -0.2) is 0 Å². The first-order valence-corrected chi connectivity index (χ1v) is 15.6. The second-order valence-corrected chi connectivity index (χ2v) is 11.5. The molecule has 0 aromatic carbocycles. The normalized spacial score (nSPS) is 16.2. The second-order valence-electron chi connectivity index (χ2n) is 10.2. The molecule has 0 saturated carbocycles. The van der Waals surface area contributed by atoms with Crippen molar-refractivity contribution in [2.75, 3.05) is 32.4 Å². The van der Waals surface area contributed by atoms with Crippen LogP contribution in [0.3, 0.4) is 0 Å². The molecule has 1 aliphatic heterocycles. The molecule has 4 unspecified atom stereocenters. The molecule has 0 aromatic heterocycles. The van der Waals surface area contributed by atoms with Gasteiger partial charge in [0, 0.05) is 65.5 Å². The molecular weight excluding hydrogens is 612 g/mol. The first-order chi connectivity index (χ1) is 21.2. The van der Waals surface area contributed by atoms with E-state index in [0.717, 1.165) is 16.7 Å². The molecule has 0 radical (unpaired) electrons. The van der Waals surface area contributed by atoms with E-state index in [9.17, 15) is 43.2 Å². The van der Waals surface area contributed by atoms with E-state index < -0.39 is 70.6 Å². The van der Waals surface area contributed by atoms with E-state index in [1.54, 1.807) is 6.92 Å². The second kappa shape index (κ2) is 19.9. The number of nitrogens with one attached hydrogen (secondary N) is 6. The fraction of sp³-hybridized carbons (Fsp3) is 0.667. The summed E-state index contributed by atoms with van der Waals surface area (Å²) in [7, 11) is 1.38. The number of amides is 9. The number of thioether (sulfide) groups is 1. The average Bonchev–Trinajstić information content (AvgIpc) is 3.25. The number of likely N-dealkylation sites (tertiary alicyclic amines) is 1. The van der Waals surface area contributed by atoms with Crippen molar-refractivity contribution in [3.8, 4) is 0 Å². The lowest BCUT2D eigenvalue weighted by Crippen LogP contribution is -2.53. The third kappa shape index (κ3) is 14.4. The van der Waals surface area contributed by atoms with E-state index in [0.29, 0.717) is 25.8 Å². The SMILES string of the molecule is CCC(=O)NCCCCC(NC(C)=O)C(=O)NC(CSC1CC(=O)N(CCC(=O)NCC(NC(C)=O)C(=O)NC)C1=O)C(N)=O. The van der Waals surface area contributed by atoms with Crippen LogP contribution in [-0.2, 0) is 43.2 Å². The van der Waals surface area contributed by atoms with Crippen LogP contribution in [0.4, 0.5) is 0 Å². The molecule has 45 heavy (non-hydrogen) atoms. The zero-order valence-electron chi connectivity index (χ0n) is 26.0. The molecule has 17 nitrogen and oxygen atoms in total. The van der Waals surface area contributed by atoms with E-state index in [4.69, 9.17) is 5.73 Å². The number of primary amides is 1. The van der Waals surface area contributed by atoms with Crippen LogP contribution >= 0.6 is 11.8 Å². The number of rotatable bonds is 20. The van der Waals surface area contributed by atoms with Crippen LogP contribution in [0.1, 0.15) is 59.3 Å². The zero-order valence-corrected chi connectivity index (χ0v) is 26.8. The summed E-state index contributed by atoms with van der Waals surface area (Å²) in [5, 5.41) is 14.1. The van der Waals surface area contributed by atoms with E-state index in [2.05, 4.69) is 31.9 Å². The molecule has 0 aliphatic carbocycles. The number of carbonyl (C=O) groups is 9. The number of imide groups is 1. The Morgan fingerprint density at radius 1 is 0.889 bits per heavy atom. The fourth-order valence-electron chi connectivity index (χ4n) is 4.18. The highest BCUT2D eigenvalue weighted by atomic mass is 32.2. The molecule has 1 aliphatic rings. The summed E-state index contributed by atoms with van der Waals surface area (Å²) in [6.45, 7) is 4.19. The predicted molar refractivity (Wildman–Crippen MR) is 163 cm³/mol. The van der Waals surface area contributed by atoms with Crippen molar-refractivity contribution in [1.82, 2.24) is 36.8 Å². The van der Waals surface area contributed by atoms with Crippen LogP contribution in [0.15, 0.2) is 0 Å². The summed E-state index contributed by atoms with van der Waals surface area (Å²) in [6, 6.07) is -3.17. The van der Waals surface area contributed by atoms with Gasteiger partial charge in [-0.1, -0.05) is 6.92 Å². The third-order valence-corrected chi connectivity index (χ3v) is 7.89. The van der Waals surface area contributed by atoms with E-state index >= 15 is 0 Å². The van der Waals surface area contributed by atoms with Gasteiger partial charge in [0.25, 0.3) is 0 Å². The van der Waals surface area contributed by atoms with Gasteiger partial charge >= 0.3 is 0 Å². The molecule has 1 fully saturated rings. The van der Waals surface area contributed by atoms with Gasteiger partial charge < -0.3 is 37.6 Å². The number of carbonyl (C=O) groups excluding carboxylic acids is 9. The number of likely N-dealkylation sites (N-methyl/N-ethyl adjacent to an activating group) is 1. The molecule has 0 bridgehead atoms. The van der Waals surface area contributed by atoms with Crippen molar-refractivity contribution in [1.29, 1.82) is 0 Å². The quantitative estimate of drug-likeness (QED) is 0.0509. The summed E-state index contributed by atoms with van der Waals surface area (Å²) < 4.78 is 0. The average molecular weight is 657 g/mol. The lowest BCUT2D eigenvalue weighted by atomic mass is 10.1. The highest BCUT2D eigenvalue weighted by Crippen LogP contribution is 2.26. The predicted octanol–water partition coefficient (Wildman–Crippen LogP) is -3.22. The molecule has 18 heteroatoms. The summed E-state index contributed by atoms with van der Waals surface area (Å²) in [5.74, 6) is -4.83. The summed E-state index contributed by atoms with van der Waals surface area (Å²) >= 11 is 0.952. The maximum atomic E-state index is 12.9. The van der Waals surface area contributed by atoms with Gasteiger partial charge in [0.1, 0.15) is 18.1 Å². The van der Waals surface area contributed by atoms with Gasteiger partial charge in [-0.15, -0.1) is 11.8 Å². The van der Waals surface area contributed by atoms with Crippen LogP contribution < -0.4 is 37.6 Å². The molecular formula is C27H44N8O9S. The van der Waals surface area contributed by atoms with E-state index in [1.807, 2.05) is 0 Å². The van der Waals surface area contributed by atoms with Gasteiger partial charge in [-0.05, 0) is 19.3 Å². The number of hydrogen-bond donors (Lipinski definition) is 7. The minimum absolute atomic E-state index is 0.101. The van der Waals surface area contributed by atoms with E-state index in [-0.39, 0.29) is 44.0 Å². The smallest absolute Gasteiger partial charge is 0.244 e. The largest absolute Gasteiger partial charge is 0.368 e. The molecule has 1 rings (SSSR count). The highest BCUT2D eigenvalue weighted by molar-refractivity contribution is 8.00. The molecule has 1 heterocycles. The van der Waals surface area contributed by atoms with Crippen LogP contribution in [0, 0.1) is 0 Å². The van der Waals surface area contributed by atoms with Gasteiger partial charge in [0.15, 0.2) is 0 Å². The number of nitrogens with two attached hydrogens (primary N) is 1. The van der Waals surface area contributed by atoms with Gasteiger partial charge in [-0.3, -0.25) is 48.1 Å². The minimum Gasteiger partial charge on any atom is -0.368 e. The Morgan fingerprint density at radius 3 is 2.11 bits per heavy atom. The number of unbranched alkanes of at least 4 members (excludes halogenated alkanes) is 1. The van der Waals surface area contributed by atoms with Crippen LogP contribution in [-0.4, -0.2) is 114 Å². The Balaban J connectivity index is 2.66. The molecule has 8 N–H and O–H groups in total. The van der Waals surface area contributed by atoms with Crippen molar-refractivity contribution < 1.29 is 43.2 Å². The molecule has 0 aromatic rings. The maximum Gasteiger partial charge on any atom is 0.244 e. The Labute approximate surface area is 265 Å². The summed E-state index contributed by atoms with van der Waals surface area (Å²) in [5.41, 5.74) is 5.48. The van der Waals surface area contributed by atoms with E-state index in [1.165, 1.54) is 20.9 Å². The first kappa shape index (κ1) is 38.8. The lowest BCUT2D eigenvalue weighted by molar-refractivity contribution is -0.138. The van der Waals surface area contributed by atoms with Gasteiger partial charge in [0.05, 0.1) is 5.25 Å². The van der Waals surface area contributed by atoms with Crippen molar-refractivity contribution >= 4 is 64.9 Å². The molecule has 4 atom stereocenters. The molecule has 252 valence electrons. The van der Waals surface area contributed by atoms with Crippen LogP contribution in [0.2, 0.25) is 0 Å². The maximum absolute atomic E-state index is 12.9. The highest BCUT2D eigenvalue weighted by Gasteiger charge is 2.39. The van der Waals surface area contributed by atoms with Crippen LogP contribution in [0.5, 0.6) is 0 Å². The summed E-state index contributed by atoms with van der Waals surface area (Å²) in [4.78, 5) is 110. The van der Waals surface area contributed by atoms with Crippen molar-refractivity contribution in [3.63, 3.8) is 0 Å². The van der Waals surface area contributed by atoms with Crippen molar-refractivity contribution in [2.24, 2.45) is 5.73 Å². The van der Waals surface area contributed by atoms with Crippen LogP contribution in [0.25, 0.3) is 0 Å². The molecule has 1 saturated heterocycles. The molecule has 0 spiro atoms. The monoisotopic (exact) mass is 656 g/mol. The Bertz CT molecular complexity index is 1140. The Hall–Kier alpha value is -4.22. The molecule has 9 amide bonds.